The van der Waals surface area contributed by atoms with Crippen molar-refractivity contribution in [3.05, 3.63) is 70.0 Å². The van der Waals surface area contributed by atoms with Gasteiger partial charge >= 0.3 is 12.4 Å². The van der Waals surface area contributed by atoms with Crippen molar-refractivity contribution in [2.45, 2.75) is 64.0 Å². The van der Waals surface area contributed by atoms with E-state index in [1.807, 2.05) is 0 Å². The summed E-state index contributed by atoms with van der Waals surface area (Å²) in [6.45, 7) is 5.12. The molecule has 42 heavy (non-hydrogen) atoms. The van der Waals surface area contributed by atoms with Gasteiger partial charge in [-0.25, -0.2) is 4.39 Å². The van der Waals surface area contributed by atoms with Crippen LogP contribution in [0.1, 0.15) is 59.9 Å². The molecule has 12 heteroatoms. The van der Waals surface area contributed by atoms with Crippen molar-refractivity contribution < 1.29 is 40.3 Å². The number of likely N-dealkylation sites (tertiary alicyclic amines) is 2. The maximum absolute atomic E-state index is 14.0. The third-order valence-corrected chi connectivity index (χ3v) is 8.46. The van der Waals surface area contributed by atoms with Gasteiger partial charge in [0.2, 0.25) is 11.8 Å². The molecule has 0 unspecified atom stereocenters. The summed E-state index contributed by atoms with van der Waals surface area (Å²) in [5.74, 6) is -1.79. The van der Waals surface area contributed by atoms with E-state index in [0.29, 0.717) is 50.3 Å². The smallest absolute Gasteiger partial charge is 0.343 e. The number of nitrogens with zero attached hydrogens (tertiary/aromatic N) is 3. The first kappa shape index (κ1) is 31.8. The van der Waals surface area contributed by atoms with Crippen LogP contribution in [0.4, 0.5) is 30.7 Å². The predicted octanol–water partition coefficient (Wildman–Crippen LogP) is 6.25. The van der Waals surface area contributed by atoms with Gasteiger partial charge in [0.25, 0.3) is 0 Å². The molecule has 2 aromatic rings. The van der Waals surface area contributed by atoms with Crippen LogP contribution in [-0.2, 0) is 28.5 Å². The zero-order valence-electron chi connectivity index (χ0n) is 23.7. The Bertz CT molecular complexity index is 1270. The van der Waals surface area contributed by atoms with E-state index in [-0.39, 0.29) is 29.5 Å². The highest BCUT2D eigenvalue weighted by Crippen LogP contribution is 2.39. The van der Waals surface area contributed by atoms with Crippen LogP contribution in [0.25, 0.3) is 0 Å². The van der Waals surface area contributed by atoms with Crippen LogP contribution in [0.5, 0.6) is 0 Å². The van der Waals surface area contributed by atoms with E-state index in [0.717, 1.165) is 18.4 Å². The molecule has 2 saturated heterocycles. The number of benzene rings is 2. The standard InChI is InChI=1S/C30H34F7N3O2/c1-18-12-23(31)4-5-25(18)27-17-40(24-6-9-39(10-7-24)19(2)41)11-8-26(27)28(42)38(3)16-20-13-21(29(32,33)34)15-22(14-20)30(35,36)37/h4-5,12-15,24,26-27H,6-11,16-17H2,1-3H3/t26-,27+/m1/s1. The molecular formula is C30H34F7N3O2. The van der Waals surface area contributed by atoms with Crippen molar-refractivity contribution >= 4 is 11.8 Å². The molecule has 0 bridgehead atoms. The average molecular weight is 602 g/mol. The Kier molecular flexibility index (Phi) is 9.25. The first-order chi connectivity index (χ1) is 19.5. The molecule has 2 fully saturated rings. The summed E-state index contributed by atoms with van der Waals surface area (Å²) in [5.41, 5.74) is -1.72. The van der Waals surface area contributed by atoms with Gasteiger partial charge in [-0.3, -0.25) is 14.5 Å². The molecule has 4 rings (SSSR count). The number of amides is 2. The lowest BCUT2D eigenvalue weighted by atomic mass is 9.77. The molecule has 2 heterocycles. The van der Waals surface area contributed by atoms with Crippen LogP contribution >= 0.6 is 0 Å². The number of hydrogen-bond acceptors (Lipinski definition) is 3. The Morgan fingerprint density at radius 2 is 1.50 bits per heavy atom. The third kappa shape index (κ3) is 7.25. The number of aryl methyl sites for hydroxylation is 1. The van der Waals surface area contributed by atoms with Gasteiger partial charge in [0.05, 0.1) is 11.1 Å². The second-order valence-electron chi connectivity index (χ2n) is 11.3. The van der Waals surface area contributed by atoms with Crippen LogP contribution in [0.15, 0.2) is 36.4 Å². The summed E-state index contributed by atoms with van der Waals surface area (Å²) in [5, 5.41) is 0. The molecule has 0 N–H and O–H groups in total. The largest absolute Gasteiger partial charge is 0.416 e. The molecule has 2 aliphatic rings. The molecule has 0 aromatic heterocycles. The fourth-order valence-corrected chi connectivity index (χ4v) is 6.27. The molecule has 0 radical (unpaired) electrons. The molecule has 2 aliphatic heterocycles. The first-order valence-corrected chi connectivity index (χ1v) is 13.8. The Morgan fingerprint density at radius 3 is 2.02 bits per heavy atom. The van der Waals surface area contributed by atoms with Gasteiger partial charge in [-0.2, -0.15) is 26.3 Å². The topological polar surface area (TPSA) is 43.9 Å². The fourth-order valence-electron chi connectivity index (χ4n) is 6.27. The monoisotopic (exact) mass is 601 g/mol. The van der Waals surface area contributed by atoms with Crippen LogP contribution in [-0.4, -0.2) is 65.8 Å². The Hall–Kier alpha value is -3.15. The van der Waals surface area contributed by atoms with E-state index in [9.17, 15) is 40.3 Å². The summed E-state index contributed by atoms with van der Waals surface area (Å²) in [4.78, 5) is 30.8. The number of carbonyl (C=O) groups is 2. The lowest BCUT2D eigenvalue weighted by molar-refractivity contribution is -0.143. The summed E-state index contributed by atoms with van der Waals surface area (Å²) < 4.78 is 94.2. The van der Waals surface area contributed by atoms with Gasteiger partial charge in [0.15, 0.2) is 0 Å². The molecule has 2 atom stereocenters. The average Bonchev–Trinajstić information content (AvgIpc) is 2.91. The van der Waals surface area contributed by atoms with Crippen molar-refractivity contribution in [2.24, 2.45) is 5.92 Å². The van der Waals surface area contributed by atoms with Gasteiger partial charge in [-0.15, -0.1) is 0 Å². The summed E-state index contributed by atoms with van der Waals surface area (Å²) in [7, 11) is 1.37. The van der Waals surface area contributed by atoms with Crippen molar-refractivity contribution in [2.75, 3.05) is 33.2 Å². The van der Waals surface area contributed by atoms with Crippen LogP contribution < -0.4 is 0 Å². The van der Waals surface area contributed by atoms with Crippen LogP contribution in [0.3, 0.4) is 0 Å². The van der Waals surface area contributed by atoms with E-state index < -0.39 is 47.7 Å². The van der Waals surface area contributed by atoms with Gasteiger partial charge in [0.1, 0.15) is 5.82 Å². The van der Waals surface area contributed by atoms with Gasteiger partial charge in [-0.05, 0) is 79.8 Å². The number of halogens is 7. The highest BCUT2D eigenvalue weighted by Gasteiger charge is 2.41. The number of carbonyl (C=O) groups excluding carboxylic acids is 2. The molecule has 2 amide bonds. The van der Waals surface area contributed by atoms with E-state index >= 15 is 0 Å². The van der Waals surface area contributed by atoms with Gasteiger partial charge in [-0.1, -0.05) is 6.07 Å². The normalized spacial score (nSPS) is 21.0. The molecular weight excluding hydrogens is 567 g/mol. The second-order valence-corrected chi connectivity index (χ2v) is 11.3. The number of piperidine rings is 2. The Balaban J connectivity index is 1.58. The Labute approximate surface area is 240 Å². The molecule has 0 aliphatic carbocycles. The van der Waals surface area contributed by atoms with E-state index in [1.54, 1.807) is 17.9 Å². The van der Waals surface area contributed by atoms with Crippen LogP contribution in [0.2, 0.25) is 0 Å². The molecule has 5 nitrogen and oxygen atoms in total. The zero-order valence-corrected chi connectivity index (χ0v) is 23.7. The highest BCUT2D eigenvalue weighted by molar-refractivity contribution is 5.80. The summed E-state index contributed by atoms with van der Waals surface area (Å²) in [6, 6.07) is 5.86. The SMILES string of the molecule is CC(=O)N1CCC(N2CC[C@@H](C(=O)N(C)Cc3cc(C(F)(F)F)cc(C(F)(F)F)c3)[C@H](c3ccc(F)cc3C)C2)CC1. The van der Waals surface area contributed by atoms with Crippen LogP contribution in [0, 0.1) is 18.7 Å². The van der Waals surface area contributed by atoms with Crippen molar-refractivity contribution in [1.82, 2.24) is 14.7 Å². The number of alkyl halides is 6. The summed E-state index contributed by atoms with van der Waals surface area (Å²) in [6.07, 6.45) is -8.03. The zero-order chi connectivity index (χ0) is 31.0. The summed E-state index contributed by atoms with van der Waals surface area (Å²) >= 11 is 0. The highest BCUT2D eigenvalue weighted by atomic mass is 19.4. The molecule has 230 valence electrons. The third-order valence-electron chi connectivity index (χ3n) is 8.46. The maximum Gasteiger partial charge on any atom is 0.416 e. The van der Waals surface area contributed by atoms with Crippen molar-refractivity contribution in [3.8, 4) is 0 Å². The second kappa shape index (κ2) is 12.2. The number of hydrogen-bond donors (Lipinski definition) is 0. The van der Waals surface area contributed by atoms with Crippen molar-refractivity contribution in [3.63, 3.8) is 0 Å². The minimum Gasteiger partial charge on any atom is -0.343 e. The van der Waals surface area contributed by atoms with Gasteiger partial charge < -0.3 is 9.80 Å². The van der Waals surface area contributed by atoms with Crippen molar-refractivity contribution in [1.29, 1.82) is 0 Å². The minimum atomic E-state index is -4.99. The van der Waals surface area contributed by atoms with E-state index in [4.69, 9.17) is 0 Å². The first-order valence-electron chi connectivity index (χ1n) is 13.8. The minimum absolute atomic E-state index is 0.0173. The fraction of sp³-hybridized carbons (Fsp3) is 0.533. The molecule has 2 aromatic carbocycles. The number of rotatable bonds is 5. The maximum atomic E-state index is 14.0. The lowest BCUT2D eigenvalue weighted by Gasteiger charge is -2.45. The quantitative estimate of drug-likeness (QED) is 0.381. The Morgan fingerprint density at radius 1 is 0.905 bits per heavy atom. The lowest BCUT2D eigenvalue weighted by Crippen LogP contribution is -2.52. The van der Waals surface area contributed by atoms with Gasteiger partial charge in [0, 0.05) is 58.0 Å². The predicted molar refractivity (Wildman–Crippen MR) is 142 cm³/mol. The molecule has 0 saturated carbocycles. The van der Waals surface area contributed by atoms with E-state index in [1.165, 1.54) is 31.0 Å². The molecule has 0 spiro atoms. The van der Waals surface area contributed by atoms with E-state index in [2.05, 4.69) is 4.90 Å².